The summed E-state index contributed by atoms with van der Waals surface area (Å²) in [5.74, 6) is 0.646. The van der Waals surface area contributed by atoms with Crippen molar-refractivity contribution >= 4 is 5.91 Å². The summed E-state index contributed by atoms with van der Waals surface area (Å²) >= 11 is 0. The Morgan fingerprint density at radius 3 is 2.83 bits per heavy atom. The van der Waals surface area contributed by atoms with Gasteiger partial charge in [0.25, 0.3) is 5.91 Å². The van der Waals surface area contributed by atoms with Crippen LogP contribution in [0.25, 0.3) is 11.4 Å². The second-order valence-electron chi connectivity index (χ2n) is 5.05. The molecule has 23 heavy (non-hydrogen) atoms. The van der Waals surface area contributed by atoms with E-state index < -0.39 is 0 Å². The first kappa shape index (κ1) is 15.0. The molecule has 0 aliphatic carbocycles. The number of nitrogens with one attached hydrogen (secondary N) is 1. The van der Waals surface area contributed by atoms with Crippen LogP contribution in [0.1, 0.15) is 29.0 Å². The number of aryl methyl sites for hydroxylation is 2. The van der Waals surface area contributed by atoms with E-state index >= 15 is 0 Å². The summed E-state index contributed by atoms with van der Waals surface area (Å²) in [6.45, 7) is 4.60. The van der Waals surface area contributed by atoms with Crippen LogP contribution < -0.4 is 5.32 Å². The molecule has 0 saturated carbocycles. The molecular weight excluding hydrogens is 294 g/mol. The minimum Gasteiger partial charge on any atom is -0.342 e. The van der Waals surface area contributed by atoms with Gasteiger partial charge in [-0.25, -0.2) is 0 Å². The highest BCUT2D eigenvalue weighted by atomic mass is 16.5. The van der Waals surface area contributed by atoms with E-state index in [1.165, 1.54) is 0 Å². The van der Waals surface area contributed by atoms with E-state index in [0.717, 1.165) is 11.3 Å². The Morgan fingerprint density at radius 2 is 2.09 bits per heavy atom. The van der Waals surface area contributed by atoms with E-state index in [0.29, 0.717) is 24.0 Å². The van der Waals surface area contributed by atoms with Crippen molar-refractivity contribution in [3.63, 3.8) is 0 Å². The van der Waals surface area contributed by atoms with Crippen LogP contribution in [0.2, 0.25) is 0 Å². The Balaban J connectivity index is 1.67. The SMILES string of the molecule is CCn1nc(C)cc1C(=O)NCc1nc(-c2ccccc2)no1. The molecule has 1 aromatic carbocycles. The maximum atomic E-state index is 12.2. The van der Waals surface area contributed by atoms with Crippen molar-refractivity contribution in [2.24, 2.45) is 0 Å². The molecule has 2 aromatic heterocycles. The van der Waals surface area contributed by atoms with Crippen molar-refractivity contribution in [2.75, 3.05) is 0 Å². The molecule has 0 fully saturated rings. The average molecular weight is 311 g/mol. The molecule has 7 nitrogen and oxygen atoms in total. The fourth-order valence-electron chi connectivity index (χ4n) is 2.25. The van der Waals surface area contributed by atoms with Crippen LogP contribution in [0.4, 0.5) is 0 Å². The summed E-state index contributed by atoms with van der Waals surface area (Å²) in [5.41, 5.74) is 2.20. The van der Waals surface area contributed by atoms with Crippen LogP contribution in [0.5, 0.6) is 0 Å². The molecule has 0 atom stereocenters. The van der Waals surface area contributed by atoms with Crippen molar-refractivity contribution in [2.45, 2.75) is 26.9 Å². The van der Waals surface area contributed by atoms with Crippen molar-refractivity contribution in [3.05, 3.63) is 53.7 Å². The van der Waals surface area contributed by atoms with Crippen LogP contribution >= 0.6 is 0 Å². The number of amides is 1. The fourth-order valence-corrected chi connectivity index (χ4v) is 2.25. The van der Waals surface area contributed by atoms with Gasteiger partial charge in [-0.2, -0.15) is 10.1 Å². The number of hydrogen-bond acceptors (Lipinski definition) is 5. The molecule has 0 aliphatic rings. The van der Waals surface area contributed by atoms with E-state index in [4.69, 9.17) is 4.52 Å². The fraction of sp³-hybridized carbons (Fsp3) is 0.250. The zero-order chi connectivity index (χ0) is 16.2. The third kappa shape index (κ3) is 3.28. The van der Waals surface area contributed by atoms with E-state index in [1.54, 1.807) is 10.7 Å². The number of aromatic nitrogens is 4. The minimum absolute atomic E-state index is 0.173. The first-order chi connectivity index (χ1) is 11.2. The Bertz CT molecular complexity index is 807. The lowest BCUT2D eigenvalue weighted by Crippen LogP contribution is -2.25. The molecule has 0 bridgehead atoms. The molecule has 7 heteroatoms. The van der Waals surface area contributed by atoms with Crippen LogP contribution in [0.15, 0.2) is 40.9 Å². The van der Waals surface area contributed by atoms with Crippen molar-refractivity contribution in [1.29, 1.82) is 0 Å². The Labute approximate surface area is 133 Å². The summed E-state index contributed by atoms with van der Waals surface area (Å²) in [4.78, 5) is 16.5. The van der Waals surface area contributed by atoms with Gasteiger partial charge < -0.3 is 9.84 Å². The maximum Gasteiger partial charge on any atom is 0.269 e. The van der Waals surface area contributed by atoms with Gasteiger partial charge in [0.2, 0.25) is 11.7 Å². The summed E-state index contributed by atoms with van der Waals surface area (Å²) in [6.07, 6.45) is 0. The van der Waals surface area contributed by atoms with Gasteiger partial charge in [0.15, 0.2) is 0 Å². The first-order valence-electron chi connectivity index (χ1n) is 7.38. The molecule has 1 N–H and O–H groups in total. The minimum atomic E-state index is -0.216. The molecule has 3 rings (SSSR count). The number of benzene rings is 1. The van der Waals surface area contributed by atoms with Crippen LogP contribution in [-0.2, 0) is 13.1 Å². The molecule has 1 amide bonds. The topological polar surface area (TPSA) is 85.8 Å². The van der Waals surface area contributed by atoms with Gasteiger partial charge in [-0.1, -0.05) is 35.5 Å². The lowest BCUT2D eigenvalue weighted by atomic mass is 10.2. The summed E-state index contributed by atoms with van der Waals surface area (Å²) in [7, 11) is 0. The van der Waals surface area contributed by atoms with E-state index in [2.05, 4.69) is 20.6 Å². The normalized spacial score (nSPS) is 10.7. The quantitative estimate of drug-likeness (QED) is 0.780. The smallest absolute Gasteiger partial charge is 0.269 e. The van der Waals surface area contributed by atoms with Crippen LogP contribution in [-0.4, -0.2) is 25.8 Å². The lowest BCUT2D eigenvalue weighted by molar-refractivity contribution is 0.0935. The van der Waals surface area contributed by atoms with Crippen molar-refractivity contribution < 1.29 is 9.32 Å². The predicted molar refractivity (Wildman–Crippen MR) is 83.5 cm³/mol. The van der Waals surface area contributed by atoms with Crippen LogP contribution in [0, 0.1) is 6.92 Å². The molecule has 2 heterocycles. The average Bonchev–Trinajstić information content (AvgIpc) is 3.20. The number of rotatable bonds is 5. The molecular formula is C16H17N5O2. The summed E-state index contributed by atoms with van der Waals surface area (Å²) in [6, 6.07) is 11.3. The molecule has 0 unspecified atom stereocenters. The monoisotopic (exact) mass is 311 g/mol. The largest absolute Gasteiger partial charge is 0.342 e. The third-order valence-corrected chi connectivity index (χ3v) is 3.33. The number of carbonyl (C=O) groups is 1. The molecule has 118 valence electrons. The van der Waals surface area contributed by atoms with Crippen LogP contribution in [0.3, 0.4) is 0 Å². The zero-order valence-corrected chi connectivity index (χ0v) is 13.0. The number of nitrogens with zero attached hydrogens (tertiary/aromatic N) is 4. The predicted octanol–water partition coefficient (Wildman–Crippen LogP) is 2.19. The van der Waals surface area contributed by atoms with E-state index in [1.807, 2.05) is 44.2 Å². The zero-order valence-electron chi connectivity index (χ0n) is 13.0. The number of hydrogen-bond donors (Lipinski definition) is 1. The van der Waals surface area contributed by atoms with Gasteiger partial charge in [-0.3, -0.25) is 9.48 Å². The standard InChI is InChI=1S/C16H17N5O2/c1-3-21-13(9-11(2)19-21)16(22)17-10-14-18-15(20-23-14)12-7-5-4-6-8-12/h4-9H,3,10H2,1-2H3,(H,17,22). The Kier molecular flexibility index (Phi) is 4.18. The highest BCUT2D eigenvalue weighted by Gasteiger charge is 2.14. The summed E-state index contributed by atoms with van der Waals surface area (Å²) in [5, 5.41) is 10.9. The van der Waals surface area contributed by atoms with Gasteiger partial charge in [0.05, 0.1) is 12.2 Å². The second kappa shape index (κ2) is 6.43. The lowest BCUT2D eigenvalue weighted by Gasteiger charge is -2.04. The highest BCUT2D eigenvalue weighted by Crippen LogP contribution is 2.14. The van der Waals surface area contributed by atoms with Gasteiger partial charge in [0.1, 0.15) is 5.69 Å². The van der Waals surface area contributed by atoms with E-state index in [9.17, 15) is 4.79 Å². The number of carbonyl (C=O) groups excluding carboxylic acids is 1. The van der Waals surface area contributed by atoms with Gasteiger partial charge in [0, 0.05) is 12.1 Å². The van der Waals surface area contributed by atoms with Gasteiger partial charge in [-0.05, 0) is 19.9 Å². The van der Waals surface area contributed by atoms with Gasteiger partial charge in [-0.15, -0.1) is 0 Å². The molecule has 0 spiro atoms. The molecule has 0 saturated heterocycles. The summed E-state index contributed by atoms with van der Waals surface area (Å²) < 4.78 is 6.83. The first-order valence-corrected chi connectivity index (χ1v) is 7.38. The second-order valence-corrected chi connectivity index (χ2v) is 5.05. The maximum absolute atomic E-state index is 12.2. The van der Waals surface area contributed by atoms with Crippen molar-refractivity contribution in [1.82, 2.24) is 25.2 Å². The van der Waals surface area contributed by atoms with Gasteiger partial charge >= 0.3 is 0 Å². The van der Waals surface area contributed by atoms with E-state index in [-0.39, 0.29) is 12.5 Å². The molecule has 3 aromatic rings. The molecule has 0 aliphatic heterocycles. The molecule has 0 radical (unpaired) electrons. The third-order valence-electron chi connectivity index (χ3n) is 3.33. The van der Waals surface area contributed by atoms with Crippen molar-refractivity contribution in [3.8, 4) is 11.4 Å². The Hall–Kier alpha value is -2.96. The Morgan fingerprint density at radius 1 is 1.30 bits per heavy atom. The highest BCUT2D eigenvalue weighted by molar-refractivity contribution is 5.92.